The fourth-order valence-electron chi connectivity index (χ4n) is 1.29. The smallest absolute Gasteiger partial charge is 0.328 e. The van der Waals surface area contributed by atoms with E-state index in [4.69, 9.17) is 16.3 Å². The van der Waals surface area contributed by atoms with Crippen molar-refractivity contribution in [1.29, 1.82) is 0 Å². The molecule has 6 heteroatoms. The number of hydrogen-bond acceptors (Lipinski definition) is 4. The Kier molecular flexibility index (Phi) is 6.73. The third-order valence-corrected chi connectivity index (χ3v) is 3.47. The maximum Gasteiger partial charge on any atom is 0.328 e. The normalized spacial score (nSPS) is 11.7. The van der Waals surface area contributed by atoms with E-state index in [1.54, 1.807) is 26.0 Å². The number of carbonyl (C=O) groups is 2. The van der Waals surface area contributed by atoms with E-state index in [2.05, 4.69) is 5.32 Å². The maximum absolute atomic E-state index is 11.6. The second-order valence-corrected chi connectivity index (χ2v) is 5.27. The molecule has 0 aliphatic carbocycles. The lowest BCUT2D eigenvalue weighted by molar-refractivity contribution is -0.146. The van der Waals surface area contributed by atoms with Crippen molar-refractivity contribution in [2.75, 3.05) is 12.4 Å². The molecule has 1 aromatic carbocycles. The lowest BCUT2D eigenvalue weighted by Gasteiger charge is -2.12. The van der Waals surface area contributed by atoms with Gasteiger partial charge in [-0.15, -0.1) is 11.8 Å². The molecule has 1 atom stereocenters. The first-order chi connectivity index (χ1) is 9.02. The second-order valence-electron chi connectivity index (χ2n) is 3.78. The molecule has 1 N–H and O–H groups in total. The SMILES string of the molecule is CCOC(=O)C(C)NC(=O)CSc1ccc(Cl)cc1. The summed E-state index contributed by atoms with van der Waals surface area (Å²) in [6.07, 6.45) is 0. The Hall–Kier alpha value is -1.20. The Labute approximate surface area is 121 Å². The number of hydrogen-bond donors (Lipinski definition) is 1. The van der Waals surface area contributed by atoms with Crippen LogP contribution in [0, 0.1) is 0 Å². The van der Waals surface area contributed by atoms with E-state index in [1.807, 2.05) is 12.1 Å². The molecule has 0 bridgehead atoms. The van der Waals surface area contributed by atoms with Gasteiger partial charge >= 0.3 is 5.97 Å². The summed E-state index contributed by atoms with van der Waals surface area (Å²) in [5.74, 6) is -0.390. The van der Waals surface area contributed by atoms with Crippen molar-refractivity contribution in [3.05, 3.63) is 29.3 Å². The predicted octanol–water partition coefficient (Wildman–Crippen LogP) is 2.50. The number of amides is 1. The predicted molar refractivity (Wildman–Crippen MR) is 76.4 cm³/mol. The zero-order valence-corrected chi connectivity index (χ0v) is 12.4. The van der Waals surface area contributed by atoms with E-state index in [9.17, 15) is 9.59 Å². The van der Waals surface area contributed by atoms with Crippen LogP contribution in [0.5, 0.6) is 0 Å². The van der Waals surface area contributed by atoms with E-state index >= 15 is 0 Å². The van der Waals surface area contributed by atoms with Gasteiger partial charge < -0.3 is 10.1 Å². The average Bonchev–Trinajstić information content (AvgIpc) is 2.38. The summed E-state index contributed by atoms with van der Waals surface area (Å²) >= 11 is 7.15. The number of carbonyl (C=O) groups excluding carboxylic acids is 2. The standard InChI is InChI=1S/C13H16ClNO3S/c1-3-18-13(17)9(2)15-12(16)8-19-11-6-4-10(14)5-7-11/h4-7,9H,3,8H2,1-2H3,(H,15,16). The van der Waals surface area contributed by atoms with Crippen LogP contribution in [0.25, 0.3) is 0 Å². The van der Waals surface area contributed by atoms with Crippen LogP contribution in [-0.2, 0) is 14.3 Å². The van der Waals surface area contributed by atoms with Gasteiger partial charge in [-0.25, -0.2) is 4.79 Å². The molecule has 1 amide bonds. The van der Waals surface area contributed by atoms with E-state index in [1.165, 1.54) is 11.8 Å². The Morgan fingerprint density at radius 1 is 1.37 bits per heavy atom. The van der Waals surface area contributed by atoms with E-state index < -0.39 is 12.0 Å². The Balaban J connectivity index is 2.35. The van der Waals surface area contributed by atoms with Crippen molar-refractivity contribution in [2.45, 2.75) is 24.8 Å². The van der Waals surface area contributed by atoms with Gasteiger partial charge in [0.1, 0.15) is 6.04 Å². The first kappa shape index (κ1) is 15.9. The van der Waals surface area contributed by atoms with Crippen molar-refractivity contribution in [2.24, 2.45) is 0 Å². The molecule has 0 heterocycles. The minimum Gasteiger partial charge on any atom is -0.464 e. The van der Waals surface area contributed by atoms with Crippen LogP contribution in [0.2, 0.25) is 5.02 Å². The van der Waals surface area contributed by atoms with Gasteiger partial charge in [0.2, 0.25) is 5.91 Å². The number of benzene rings is 1. The highest BCUT2D eigenvalue weighted by molar-refractivity contribution is 8.00. The van der Waals surface area contributed by atoms with Crippen molar-refractivity contribution >= 4 is 35.2 Å². The van der Waals surface area contributed by atoms with E-state index in [0.29, 0.717) is 11.6 Å². The summed E-state index contributed by atoms with van der Waals surface area (Å²) in [6, 6.07) is 6.59. The van der Waals surface area contributed by atoms with Crippen molar-refractivity contribution in [1.82, 2.24) is 5.32 Å². The highest BCUT2D eigenvalue weighted by atomic mass is 35.5. The number of halogens is 1. The molecular formula is C13H16ClNO3S. The second kappa shape index (κ2) is 8.07. The van der Waals surface area contributed by atoms with Gasteiger partial charge in [0.15, 0.2) is 0 Å². The monoisotopic (exact) mass is 301 g/mol. The first-order valence-corrected chi connectivity index (χ1v) is 7.23. The number of thioether (sulfide) groups is 1. The maximum atomic E-state index is 11.6. The summed E-state index contributed by atoms with van der Waals surface area (Å²) in [4.78, 5) is 23.9. The van der Waals surface area contributed by atoms with Crippen molar-refractivity contribution < 1.29 is 14.3 Å². The topological polar surface area (TPSA) is 55.4 Å². The van der Waals surface area contributed by atoms with Gasteiger partial charge in [-0.2, -0.15) is 0 Å². The lowest BCUT2D eigenvalue weighted by atomic mass is 10.3. The molecule has 104 valence electrons. The van der Waals surface area contributed by atoms with Crippen LogP contribution < -0.4 is 5.32 Å². The van der Waals surface area contributed by atoms with Crippen LogP contribution in [-0.4, -0.2) is 30.3 Å². The highest BCUT2D eigenvalue weighted by Gasteiger charge is 2.16. The molecule has 0 spiro atoms. The summed E-state index contributed by atoms with van der Waals surface area (Å²) in [6.45, 7) is 3.63. The van der Waals surface area contributed by atoms with Crippen molar-refractivity contribution in [3.63, 3.8) is 0 Å². The third kappa shape index (κ3) is 5.98. The van der Waals surface area contributed by atoms with Crippen LogP contribution >= 0.6 is 23.4 Å². The zero-order chi connectivity index (χ0) is 14.3. The molecule has 19 heavy (non-hydrogen) atoms. The highest BCUT2D eigenvalue weighted by Crippen LogP contribution is 2.19. The summed E-state index contributed by atoms with van der Waals surface area (Å²) < 4.78 is 4.81. The fraction of sp³-hybridized carbons (Fsp3) is 0.385. The van der Waals surface area contributed by atoms with E-state index in [-0.39, 0.29) is 11.7 Å². The minimum absolute atomic E-state index is 0.208. The first-order valence-electron chi connectivity index (χ1n) is 5.87. The van der Waals surface area contributed by atoms with Crippen molar-refractivity contribution in [3.8, 4) is 0 Å². The van der Waals surface area contributed by atoms with Crippen LogP contribution in [0.1, 0.15) is 13.8 Å². The molecule has 0 saturated heterocycles. The summed E-state index contributed by atoms with van der Waals surface area (Å²) in [7, 11) is 0. The molecule has 0 aromatic heterocycles. The molecule has 0 saturated carbocycles. The quantitative estimate of drug-likeness (QED) is 0.648. The van der Waals surface area contributed by atoms with Crippen LogP contribution in [0.3, 0.4) is 0 Å². The molecule has 0 fully saturated rings. The molecule has 1 unspecified atom stereocenters. The summed E-state index contributed by atoms with van der Waals surface area (Å²) in [5, 5.41) is 3.24. The minimum atomic E-state index is -0.627. The molecule has 4 nitrogen and oxygen atoms in total. The van der Waals surface area contributed by atoms with Gasteiger partial charge in [0, 0.05) is 9.92 Å². The third-order valence-electron chi connectivity index (χ3n) is 2.20. The summed E-state index contributed by atoms with van der Waals surface area (Å²) in [5.41, 5.74) is 0. The van der Waals surface area contributed by atoms with Gasteiger partial charge in [0.25, 0.3) is 0 Å². The molecule has 1 aromatic rings. The number of rotatable bonds is 6. The van der Waals surface area contributed by atoms with Gasteiger partial charge in [0.05, 0.1) is 12.4 Å². The zero-order valence-electron chi connectivity index (χ0n) is 10.8. The van der Waals surface area contributed by atoms with Gasteiger partial charge in [-0.1, -0.05) is 11.6 Å². The van der Waals surface area contributed by atoms with Gasteiger partial charge in [-0.05, 0) is 38.1 Å². The average molecular weight is 302 g/mol. The molecule has 0 radical (unpaired) electrons. The fourth-order valence-corrected chi connectivity index (χ4v) is 2.12. The Bertz CT molecular complexity index is 436. The lowest BCUT2D eigenvalue weighted by Crippen LogP contribution is -2.40. The van der Waals surface area contributed by atoms with Crippen LogP contribution in [0.4, 0.5) is 0 Å². The van der Waals surface area contributed by atoms with E-state index in [0.717, 1.165) is 4.90 Å². The largest absolute Gasteiger partial charge is 0.464 e. The molecule has 1 rings (SSSR count). The number of esters is 1. The van der Waals surface area contributed by atoms with Crippen LogP contribution in [0.15, 0.2) is 29.2 Å². The van der Waals surface area contributed by atoms with Gasteiger partial charge in [-0.3, -0.25) is 4.79 Å². The molecule has 0 aliphatic rings. The number of ether oxygens (including phenoxy) is 1. The Morgan fingerprint density at radius 3 is 2.58 bits per heavy atom. The number of nitrogens with one attached hydrogen (secondary N) is 1. The Morgan fingerprint density at radius 2 is 2.00 bits per heavy atom. The molecular weight excluding hydrogens is 286 g/mol. The molecule has 0 aliphatic heterocycles.